The lowest BCUT2D eigenvalue weighted by Gasteiger charge is -2.04. The number of benzene rings is 2. The highest BCUT2D eigenvalue weighted by molar-refractivity contribution is 5.96. The standard InChI is InChI=1S/C16H17NO2/c18-15-8-6-14(7-9-15)16(19)10-11-17-12-13-4-2-1-3-5-13/h1-9,17-18H,10-12H2. The molecule has 0 amide bonds. The highest BCUT2D eigenvalue weighted by atomic mass is 16.3. The molecular weight excluding hydrogens is 238 g/mol. The summed E-state index contributed by atoms with van der Waals surface area (Å²) in [7, 11) is 0. The van der Waals surface area contributed by atoms with Crippen LogP contribution in [0.2, 0.25) is 0 Å². The monoisotopic (exact) mass is 255 g/mol. The van der Waals surface area contributed by atoms with Crippen LogP contribution in [0.4, 0.5) is 0 Å². The van der Waals surface area contributed by atoms with Crippen LogP contribution < -0.4 is 5.32 Å². The first kappa shape index (κ1) is 13.3. The summed E-state index contributed by atoms with van der Waals surface area (Å²) < 4.78 is 0. The number of ketones is 1. The lowest BCUT2D eigenvalue weighted by Crippen LogP contribution is -2.17. The molecule has 0 aliphatic carbocycles. The zero-order valence-electron chi connectivity index (χ0n) is 10.7. The van der Waals surface area contributed by atoms with E-state index < -0.39 is 0 Å². The Bertz CT molecular complexity index is 520. The van der Waals surface area contributed by atoms with Crippen molar-refractivity contribution in [2.45, 2.75) is 13.0 Å². The van der Waals surface area contributed by atoms with Crippen LogP contribution in [0.15, 0.2) is 54.6 Å². The number of phenols is 1. The van der Waals surface area contributed by atoms with Crippen molar-refractivity contribution in [1.29, 1.82) is 0 Å². The van der Waals surface area contributed by atoms with Gasteiger partial charge >= 0.3 is 0 Å². The van der Waals surface area contributed by atoms with E-state index in [4.69, 9.17) is 5.11 Å². The van der Waals surface area contributed by atoms with Crippen LogP contribution in [0.5, 0.6) is 5.75 Å². The van der Waals surface area contributed by atoms with Crippen LogP contribution in [0.25, 0.3) is 0 Å². The van der Waals surface area contributed by atoms with E-state index in [0.717, 1.165) is 6.54 Å². The van der Waals surface area contributed by atoms with Gasteiger partial charge in [0.1, 0.15) is 5.75 Å². The number of hydrogen-bond acceptors (Lipinski definition) is 3. The second-order valence-corrected chi connectivity index (χ2v) is 4.38. The molecule has 0 unspecified atom stereocenters. The van der Waals surface area contributed by atoms with Crippen molar-refractivity contribution in [2.75, 3.05) is 6.54 Å². The topological polar surface area (TPSA) is 49.3 Å². The maximum absolute atomic E-state index is 11.8. The molecule has 3 nitrogen and oxygen atoms in total. The van der Waals surface area contributed by atoms with Crippen molar-refractivity contribution in [3.8, 4) is 5.75 Å². The highest BCUT2D eigenvalue weighted by Crippen LogP contribution is 2.11. The van der Waals surface area contributed by atoms with Gasteiger partial charge in [0.25, 0.3) is 0 Å². The first-order valence-electron chi connectivity index (χ1n) is 6.32. The van der Waals surface area contributed by atoms with Gasteiger partial charge in [0, 0.05) is 25.1 Å². The van der Waals surface area contributed by atoms with Crippen LogP contribution >= 0.6 is 0 Å². The van der Waals surface area contributed by atoms with Gasteiger partial charge in [-0.3, -0.25) is 4.79 Å². The van der Waals surface area contributed by atoms with Crippen molar-refractivity contribution in [3.05, 3.63) is 65.7 Å². The number of rotatable bonds is 6. The summed E-state index contributed by atoms with van der Waals surface area (Å²) in [6.07, 6.45) is 0.456. The summed E-state index contributed by atoms with van der Waals surface area (Å²) >= 11 is 0. The molecule has 0 saturated heterocycles. The first-order chi connectivity index (χ1) is 9.25. The maximum atomic E-state index is 11.8. The van der Waals surface area contributed by atoms with Crippen LogP contribution in [0.1, 0.15) is 22.3 Å². The highest BCUT2D eigenvalue weighted by Gasteiger charge is 2.04. The summed E-state index contributed by atoms with van der Waals surface area (Å²) in [6, 6.07) is 16.4. The van der Waals surface area contributed by atoms with E-state index in [9.17, 15) is 4.79 Å². The van der Waals surface area contributed by atoms with Gasteiger partial charge in [0.05, 0.1) is 0 Å². The van der Waals surface area contributed by atoms with Gasteiger partial charge in [0.2, 0.25) is 0 Å². The lowest BCUT2D eigenvalue weighted by atomic mass is 10.1. The summed E-state index contributed by atoms with van der Waals surface area (Å²) in [5, 5.41) is 12.4. The first-order valence-corrected chi connectivity index (χ1v) is 6.32. The molecule has 0 aliphatic rings. The van der Waals surface area contributed by atoms with E-state index in [1.807, 2.05) is 18.2 Å². The minimum Gasteiger partial charge on any atom is -0.508 e. The second-order valence-electron chi connectivity index (χ2n) is 4.38. The van der Waals surface area contributed by atoms with Crippen LogP contribution in [-0.2, 0) is 6.54 Å². The average molecular weight is 255 g/mol. The van der Waals surface area contributed by atoms with E-state index in [0.29, 0.717) is 18.5 Å². The van der Waals surface area contributed by atoms with Gasteiger partial charge in [-0.25, -0.2) is 0 Å². The SMILES string of the molecule is O=C(CCNCc1ccccc1)c1ccc(O)cc1. The van der Waals surface area contributed by atoms with Crippen molar-refractivity contribution in [2.24, 2.45) is 0 Å². The zero-order chi connectivity index (χ0) is 13.5. The Morgan fingerprint density at radius 1 is 1.00 bits per heavy atom. The molecule has 0 fully saturated rings. The van der Waals surface area contributed by atoms with Gasteiger partial charge in [-0.1, -0.05) is 30.3 Å². The van der Waals surface area contributed by atoms with Gasteiger partial charge in [-0.15, -0.1) is 0 Å². The molecule has 2 N–H and O–H groups in total. The summed E-state index contributed by atoms with van der Waals surface area (Å²) in [6.45, 7) is 1.41. The number of Topliss-reactive ketones (excluding diaryl/α,β-unsaturated/α-hetero) is 1. The van der Waals surface area contributed by atoms with Crippen LogP contribution in [-0.4, -0.2) is 17.4 Å². The van der Waals surface area contributed by atoms with Crippen LogP contribution in [0, 0.1) is 0 Å². The Hall–Kier alpha value is -2.13. The van der Waals surface area contributed by atoms with E-state index in [-0.39, 0.29) is 11.5 Å². The van der Waals surface area contributed by atoms with Crippen molar-refractivity contribution < 1.29 is 9.90 Å². The van der Waals surface area contributed by atoms with Crippen molar-refractivity contribution >= 4 is 5.78 Å². The molecule has 19 heavy (non-hydrogen) atoms. The fraction of sp³-hybridized carbons (Fsp3) is 0.188. The Labute approximate surface area is 112 Å². The van der Waals surface area contributed by atoms with Gasteiger partial charge in [-0.05, 0) is 29.8 Å². The molecule has 0 bridgehead atoms. The van der Waals surface area contributed by atoms with Crippen molar-refractivity contribution in [3.63, 3.8) is 0 Å². The number of hydrogen-bond donors (Lipinski definition) is 2. The summed E-state index contributed by atoms with van der Waals surface area (Å²) in [5.41, 5.74) is 1.85. The van der Waals surface area contributed by atoms with Crippen LogP contribution in [0.3, 0.4) is 0 Å². The zero-order valence-corrected chi connectivity index (χ0v) is 10.7. The molecule has 0 aliphatic heterocycles. The minimum absolute atomic E-state index is 0.0839. The summed E-state index contributed by atoms with van der Waals surface area (Å²) in [5.74, 6) is 0.263. The molecule has 0 aromatic heterocycles. The molecule has 2 aromatic rings. The second kappa shape index (κ2) is 6.71. The smallest absolute Gasteiger partial charge is 0.164 e. The molecule has 2 aromatic carbocycles. The molecule has 0 heterocycles. The van der Waals surface area contributed by atoms with E-state index >= 15 is 0 Å². The van der Waals surface area contributed by atoms with E-state index in [2.05, 4.69) is 17.4 Å². The molecule has 3 heteroatoms. The predicted molar refractivity (Wildman–Crippen MR) is 75.2 cm³/mol. The number of phenolic OH excluding ortho intramolecular Hbond substituents is 1. The fourth-order valence-electron chi connectivity index (χ4n) is 1.82. The Kier molecular flexibility index (Phi) is 4.70. The summed E-state index contributed by atoms with van der Waals surface area (Å²) in [4.78, 5) is 11.8. The molecule has 0 radical (unpaired) electrons. The fourth-order valence-corrected chi connectivity index (χ4v) is 1.82. The van der Waals surface area contributed by atoms with E-state index in [1.165, 1.54) is 17.7 Å². The average Bonchev–Trinajstić information content (AvgIpc) is 2.45. The molecule has 98 valence electrons. The number of aromatic hydroxyl groups is 1. The molecular formula is C16H17NO2. The quantitative estimate of drug-likeness (QED) is 0.616. The largest absolute Gasteiger partial charge is 0.508 e. The molecule has 0 spiro atoms. The molecule has 2 rings (SSSR count). The third-order valence-electron chi connectivity index (χ3n) is 2.89. The van der Waals surface area contributed by atoms with Crippen molar-refractivity contribution in [1.82, 2.24) is 5.32 Å². The Morgan fingerprint density at radius 2 is 1.68 bits per heavy atom. The lowest BCUT2D eigenvalue weighted by molar-refractivity contribution is 0.0982. The van der Waals surface area contributed by atoms with Gasteiger partial charge in [-0.2, -0.15) is 0 Å². The third-order valence-corrected chi connectivity index (χ3v) is 2.89. The van der Waals surface area contributed by atoms with Gasteiger partial charge < -0.3 is 10.4 Å². The predicted octanol–water partition coefficient (Wildman–Crippen LogP) is 2.75. The maximum Gasteiger partial charge on any atom is 0.164 e. The van der Waals surface area contributed by atoms with E-state index in [1.54, 1.807) is 12.1 Å². The number of nitrogens with one attached hydrogen (secondary N) is 1. The molecule has 0 atom stereocenters. The number of carbonyl (C=O) groups is 1. The Morgan fingerprint density at radius 3 is 2.37 bits per heavy atom. The van der Waals surface area contributed by atoms with Gasteiger partial charge in [0.15, 0.2) is 5.78 Å². The molecule has 0 saturated carbocycles. The minimum atomic E-state index is 0.0839. The third kappa shape index (κ3) is 4.23. The number of carbonyl (C=O) groups excluding carboxylic acids is 1. The normalized spacial score (nSPS) is 10.3. The Balaban J connectivity index is 1.74.